The van der Waals surface area contributed by atoms with E-state index in [2.05, 4.69) is 28.6 Å². The van der Waals surface area contributed by atoms with Gasteiger partial charge in [-0.3, -0.25) is 4.79 Å². The van der Waals surface area contributed by atoms with E-state index in [0.717, 1.165) is 4.47 Å². The average Bonchev–Trinajstić information content (AvgIpc) is 2.28. The zero-order chi connectivity index (χ0) is 12.8. The van der Waals surface area contributed by atoms with Crippen LogP contribution in [0.15, 0.2) is 27.6 Å². The van der Waals surface area contributed by atoms with E-state index in [4.69, 9.17) is 10.5 Å². The Morgan fingerprint density at radius 1 is 1.35 bits per heavy atom. The molecular formula is C11H8BrN3OS. The van der Waals surface area contributed by atoms with Crippen molar-refractivity contribution in [2.45, 2.75) is 4.90 Å². The van der Waals surface area contributed by atoms with Crippen molar-refractivity contribution in [3.63, 3.8) is 0 Å². The fourth-order valence-corrected chi connectivity index (χ4v) is 2.07. The Bertz CT molecular complexity index is 502. The predicted molar refractivity (Wildman–Crippen MR) is 68.5 cm³/mol. The van der Waals surface area contributed by atoms with Crippen molar-refractivity contribution in [1.29, 1.82) is 10.5 Å². The number of benzene rings is 1. The molecule has 0 aliphatic heterocycles. The normalized spacial score (nSPS) is 9.18. The minimum Gasteiger partial charge on any atom is -0.312 e. The van der Waals surface area contributed by atoms with Gasteiger partial charge in [0.2, 0.25) is 0 Å². The van der Waals surface area contributed by atoms with Crippen molar-refractivity contribution in [3.8, 4) is 12.1 Å². The fraction of sp³-hybridized carbons (Fsp3) is 0.182. The first-order valence-corrected chi connectivity index (χ1v) is 5.86. The second-order valence-corrected chi connectivity index (χ2v) is 4.54. The minimum atomic E-state index is -0.370. The molecule has 6 heteroatoms. The third-order valence-electron chi connectivity index (χ3n) is 2.00. The molecule has 0 aliphatic carbocycles. The summed E-state index contributed by atoms with van der Waals surface area (Å²) in [5.41, 5.74) is 0.377. The highest BCUT2D eigenvalue weighted by Crippen LogP contribution is 2.21. The molecule has 0 saturated carbocycles. The van der Waals surface area contributed by atoms with E-state index in [1.807, 2.05) is 12.1 Å². The van der Waals surface area contributed by atoms with Gasteiger partial charge in [-0.05, 0) is 18.2 Å². The molecule has 0 spiro atoms. The van der Waals surface area contributed by atoms with Gasteiger partial charge in [0, 0.05) is 9.37 Å². The topological polar surface area (TPSA) is 67.9 Å². The van der Waals surface area contributed by atoms with Crippen LogP contribution in [0.4, 0.5) is 0 Å². The SMILES string of the molecule is N#CCN(CC#N)C(=O)c1ccc(Br)cc1S. The molecule has 86 valence electrons. The summed E-state index contributed by atoms with van der Waals surface area (Å²) in [6, 6.07) is 8.72. The highest BCUT2D eigenvalue weighted by atomic mass is 79.9. The van der Waals surface area contributed by atoms with Gasteiger partial charge in [-0.25, -0.2) is 0 Å². The van der Waals surface area contributed by atoms with Gasteiger partial charge in [0.1, 0.15) is 13.1 Å². The van der Waals surface area contributed by atoms with Crippen LogP contribution in [0.5, 0.6) is 0 Å². The van der Waals surface area contributed by atoms with E-state index >= 15 is 0 Å². The number of hydrogen-bond donors (Lipinski definition) is 1. The predicted octanol–water partition coefficient (Wildman–Crippen LogP) is 2.23. The standard InChI is InChI=1S/C11H8BrN3OS/c12-8-1-2-9(10(17)7-8)11(16)15(5-3-13)6-4-14/h1-2,7,17H,5-6H2. The maximum absolute atomic E-state index is 12.0. The summed E-state index contributed by atoms with van der Waals surface area (Å²) in [6.07, 6.45) is 0. The highest BCUT2D eigenvalue weighted by molar-refractivity contribution is 9.10. The van der Waals surface area contributed by atoms with Crippen LogP contribution in [0.1, 0.15) is 10.4 Å². The smallest absolute Gasteiger partial charge is 0.256 e. The first-order chi connectivity index (χ1) is 8.10. The molecule has 1 rings (SSSR count). The molecular weight excluding hydrogens is 302 g/mol. The Morgan fingerprint density at radius 2 is 1.94 bits per heavy atom. The Kier molecular flexibility index (Phi) is 5.02. The van der Waals surface area contributed by atoms with Gasteiger partial charge in [0.05, 0.1) is 17.7 Å². The van der Waals surface area contributed by atoms with Crippen LogP contribution in [-0.4, -0.2) is 23.9 Å². The van der Waals surface area contributed by atoms with Crippen molar-refractivity contribution in [2.75, 3.05) is 13.1 Å². The maximum atomic E-state index is 12.0. The Labute approximate surface area is 113 Å². The van der Waals surface area contributed by atoms with Crippen molar-refractivity contribution >= 4 is 34.5 Å². The number of carbonyl (C=O) groups is 1. The summed E-state index contributed by atoms with van der Waals surface area (Å²) >= 11 is 7.46. The van der Waals surface area contributed by atoms with Gasteiger partial charge in [0.15, 0.2) is 0 Å². The second-order valence-electron chi connectivity index (χ2n) is 3.14. The summed E-state index contributed by atoms with van der Waals surface area (Å²) in [5, 5.41) is 17.2. The van der Waals surface area contributed by atoms with E-state index < -0.39 is 0 Å². The minimum absolute atomic E-state index is 0.115. The number of hydrogen-bond acceptors (Lipinski definition) is 4. The fourth-order valence-electron chi connectivity index (χ4n) is 1.23. The van der Waals surface area contributed by atoms with Crippen LogP contribution in [0.2, 0.25) is 0 Å². The summed E-state index contributed by atoms with van der Waals surface area (Å²) in [6.45, 7) is -0.231. The number of amides is 1. The van der Waals surface area contributed by atoms with Crippen molar-refractivity contribution in [2.24, 2.45) is 0 Å². The number of thiol groups is 1. The van der Waals surface area contributed by atoms with Gasteiger partial charge in [-0.2, -0.15) is 10.5 Å². The molecule has 0 radical (unpaired) electrons. The lowest BCUT2D eigenvalue weighted by molar-refractivity contribution is 0.0791. The van der Waals surface area contributed by atoms with E-state index in [0.29, 0.717) is 10.5 Å². The lowest BCUT2D eigenvalue weighted by atomic mass is 10.2. The molecule has 4 nitrogen and oxygen atoms in total. The van der Waals surface area contributed by atoms with E-state index in [1.165, 1.54) is 4.90 Å². The van der Waals surface area contributed by atoms with Gasteiger partial charge >= 0.3 is 0 Å². The van der Waals surface area contributed by atoms with Gasteiger partial charge in [-0.15, -0.1) is 12.6 Å². The molecule has 0 atom stereocenters. The van der Waals surface area contributed by atoms with Crippen LogP contribution in [0.3, 0.4) is 0 Å². The van der Waals surface area contributed by atoms with Crippen LogP contribution < -0.4 is 0 Å². The summed E-state index contributed by atoms with van der Waals surface area (Å²) in [7, 11) is 0. The van der Waals surface area contributed by atoms with Crippen LogP contribution >= 0.6 is 28.6 Å². The zero-order valence-corrected chi connectivity index (χ0v) is 11.2. The van der Waals surface area contributed by atoms with Gasteiger partial charge < -0.3 is 4.90 Å². The summed E-state index contributed by atoms with van der Waals surface area (Å²) in [4.78, 5) is 13.7. The molecule has 17 heavy (non-hydrogen) atoms. The lowest BCUT2D eigenvalue weighted by Gasteiger charge is -2.16. The van der Waals surface area contributed by atoms with Gasteiger partial charge in [-0.1, -0.05) is 15.9 Å². The van der Waals surface area contributed by atoms with Crippen LogP contribution in [-0.2, 0) is 0 Å². The third-order valence-corrected chi connectivity index (χ3v) is 2.86. The molecule has 0 heterocycles. The number of halogens is 1. The summed E-state index contributed by atoms with van der Waals surface area (Å²) < 4.78 is 0.811. The number of rotatable bonds is 3. The number of nitriles is 2. The summed E-state index contributed by atoms with van der Waals surface area (Å²) in [5.74, 6) is -0.370. The molecule has 0 bridgehead atoms. The number of carbonyl (C=O) groups excluding carboxylic acids is 1. The van der Waals surface area contributed by atoms with Gasteiger partial charge in [0.25, 0.3) is 5.91 Å². The third kappa shape index (κ3) is 3.48. The maximum Gasteiger partial charge on any atom is 0.256 e. The molecule has 0 aliphatic rings. The Morgan fingerprint density at radius 3 is 2.41 bits per heavy atom. The Balaban J connectivity index is 3.02. The first-order valence-electron chi connectivity index (χ1n) is 4.62. The molecule has 0 aromatic heterocycles. The quantitative estimate of drug-likeness (QED) is 0.687. The molecule has 1 aromatic carbocycles. The van der Waals surface area contributed by atoms with Crippen LogP contribution in [0, 0.1) is 22.7 Å². The molecule has 0 saturated heterocycles. The van der Waals surface area contributed by atoms with Crippen molar-refractivity contribution < 1.29 is 4.79 Å². The highest BCUT2D eigenvalue weighted by Gasteiger charge is 2.17. The molecule has 0 fully saturated rings. The van der Waals surface area contributed by atoms with Crippen molar-refractivity contribution in [1.82, 2.24) is 4.90 Å². The zero-order valence-electron chi connectivity index (χ0n) is 8.72. The lowest BCUT2D eigenvalue weighted by Crippen LogP contribution is -2.32. The van der Waals surface area contributed by atoms with E-state index in [1.54, 1.807) is 18.2 Å². The van der Waals surface area contributed by atoms with E-state index in [-0.39, 0.29) is 19.0 Å². The average molecular weight is 310 g/mol. The largest absolute Gasteiger partial charge is 0.312 e. The molecule has 1 aromatic rings. The molecule has 0 unspecified atom stereocenters. The second kappa shape index (κ2) is 6.29. The van der Waals surface area contributed by atoms with Crippen molar-refractivity contribution in [3.05, 3.63) is 28.2 Å². The Hall–Kier alpha value is -1.50. The first kappa shape index (κ1) is 13.6. The van der Waals surface area contributed by atoms with E-state index in [9.17, 15) is 4.79 Å². The molecule has 1 amide bonds. The van der Waals surface area contributed by atoms with Crippen LogP contribution in [0.25, 0.3) is 0 Å². The number of nitrogens with zero attached hydrogens (tertiary/aromatic N) is 3. The molecule has 0 N–H and O–H groups in total. The monoisotopic (exact) mass is 309 g/mol.